The standard InChI is InChI=1S/C20H13F3N2O/c1-12-10-17(18(11-24)19(26)25-12)15-4-2-13(3-5-15)14-6-8-16(9-7-14)20(21,22)23/h2-10H,1H3,(H,25,26). The third kappa shape index (κ3) is 3.38. The van der Waals surface area contributed by atoms with Crippen molar-refractivity contribution in [3.63, 3.8) is 0 Å². The molecule has 0 saturated heterocycles. The van der Waals surface area contributed by atoms with Crippen LogP contribution in [-0.4, -0.2) is 4.98 Å². The number of nitriles is 1. The van der Waals surface area contributed by atoms with Crippen LogP contribution in [0, 0.1) is 18.3 Å². The van der Waals surface area contributed by atoms with Gasteiger partial charge in [0, 0.05) is 11.3 Å². The number of aromatic amines is 1. The van der Waals surface area contributed by atoms with Crippen molar-refractivity contribution in [3.8, 4) is 28.3 Å². The Morgan fingerprint density at radius 2 is 1.42 bits per heavy atom. The number of alkyl halides is 3. The fourth-order valence-corrected chi connectivity index (χ4v) is 2.72. The molecule has 0 saturated carbocycles. The molecule has 0 radical (unpaired) electrons. The van der Waals surface area contributed by atoms with Crippen molar-refractivity contribution in [2.45, 2.75) is 13.1 Å². The Labute approximate surface area is 147 Å². The van der Waals surface area contributed by atoms with Crippen LogP contribution in [0.2, 0.25) is 0 Å². The summed E-state index contributed by atoms with van der Waals surface area (Å²) in [5.41, 5.74) is 2.10. The fourth-order valence-electron chi connectivity index (χ4n) is 2.72. The van der Waals surface area contributed by atoms with E-state index in [1.54, 1.807) is 37.3 Å². The Hall–Kier alpha value is -3.33. The zero-order chi connectivity index (χ0) is 18.9. The minimum absolute atomic E-state index is 0.0258. The smallest absolute Gasteiger partial charge is 0.325 e. The van der Waals surface area contributed by atoms with Gasteiger partial charge in [0.2, 0.25) is 0 Å². The second-order valence-corrected chi connectivity index (χ2v) is 5.83. The lowest BCUT2D eigenvalue weighted by Gasteiger charge is -2.09. The van der Waals surface area contributed by atoms with Crippen molar-refractivity contribution in [2.24, 2.45) is 0 Å². The van der Waals surface area contributed by atoms with Crippen LogP contribution in [0.15, 0.2) is 59.4 Å². The van der Waals surface area contributed by atoms with E-state index < -0.39 is 17.3 Å². The predicted molar refractivity (Wildman–Crippen MR) is 92.4 cm³/mol. The number of H-pyrrole nitrogens is 1. The maximum Gasteiger partial charge on any atom is 0.416 e. The van der Waals surface area contributed by atoms with E-state index in [4.69, 9.17) is 0 Å². The lowest BCUT2D eigenvalue weighted by Crippen LogP contribution is -2.12. The van der Waals surface area contributed by atoms with Gasteiger partial charge in [0.1, 0.15) is 11.6 Å². The number of nitrogens with one attached hydrogen (secondary N) is 1. The number of nitrogens with zero attached hydrogens (tertiary/aromatic N) is 1. The Balaban J connectivity index is 1.98. The average Bonchev–Trinajstić information content (AvgIpc) is 2.61. The highest BCUT2D eigenvalue weighted by Gasteiger charge is 2.29. The Kier molecular flexibility index (Phi) is 4.39. The van der Waals surface area contributed by atoms with Crippen LogP contribution in [0.4, 0.5) is 13.2 Å². The minimum Gasteiger partial charge on any atom is -0.325 e. The summed E-state index contributed by atoms with van der Waals surface area (Å²) in [7, 11) is 0. The quantitative estimate of drug-likeness (QED) is 0.711. The third-order valence-corrected chi connectivity index (χ3v) is 4.02. The molecule has 26 heavy (non-hydrogen) atoms. The van der Waals surface area contributed by atoms with Crippen molar-refractivity contribution < 1.29 is 13.2 Å². The molecule has 0 aliphatic carbocycles. The van der Waals surface area contributed by atoms with E-state index in [1.165, 1.54) is 12.1 Å². The molecule has 1 heterocycles. The molecule has 0 aliphatic heterocycles. The normalized spacial score (nSPS) is 11.2. The lowest BCUT2D eigenvalue weighted by molar-refractivity contribution is -0.137. The molecule has 6 heteroatoms. The van der Waals surface area contributed by atoms with Gasteiger partial charge in [-0.15, -0.1) is 0 Å². The number of rotatable bonds is 2. The van der Waals surface area contributed by atoms with E-state index in [1.807, 2.05) is 6.07 Å². The van der Waals surface area contributed by atoms with Gasteiger partial charge in [-0.25, -0.2) is 0 Å². The lowest BCUT2D eigenvalue weighted by atomic mass is 9.97. The van der Waals surface area contributed by atoms with Crippen molar-refractivity contribution >= 4 is 0 Å². The number of benzene rings is 2. The minimum atomic E-state index is -4.37. The zero-order valence-corrected chi connectivity index (χ0v) is 13.7. The first-order valence-electron chi connectivity index (χ1n) is 7.71. The summed E-state index contributed by atoms with van der Waals surface area (Å²) in [6.45, 7) is 1.72. The Bertz CT molecular complexity index is 1040. The number of halogens is 3. The predicted octanol–water partition coefficient (Wildman–Crippen LogP) is 4.91. The molecule has 0 aliphatic rings. The molecule has 130 valence electrons. The molecule has 2 aromatic carbocycles. The van der Waals surface area contributed by atoms with Crippen LogP contribution < -0.4 is 5.56 Å². The monoisotopic (exact) mass is 354 g/mol. The molecule has 0 spiro atoms. The van der Waals surface area contributed by atoms with E-state index in [-0.39, 0.29) is 5.56 Å². The van der Waals surface area contributed by atoms with Gasteiger partial charge in [0.15, 0.2) is 0 Å². The molecule has 3 nitrogen and oxygen atoms in total. The Morgan fingerprint density at radius 3 is 1.92 bits per heavy atom. The van der Waals surface area contributed by atoms with Crippen molar-refractivity contribution in [1.29, 1.82) is 5.26 Å². The molecule has 0 fully saturated rings. The second-order valence-electron chi connectivity index (χ2n) is 5.83. The van der Waals surface area contributed by atoms with Gasteiger partial charge in [-0.1, -0.05) is 36.4 Å². The van der Waals surface area contributed by atoms with Crippen LogP contribution in [0.5, 0.6) is 0 Å². The summed E-state index contributed by atoms with van der Waals surface area (Å²) in [6.07, 6.45) is -4.37. The summed E-state index contributed by atoms with van der Waals surface area (Å²) in [6, 6.07) is 15.5. The molecule has 3 rings (SSSR count). The molecule has 1 N–H and O–H groups in total. The molecule has 1 aromatic heterocycles. The van der Waals surface area contributed by atoms with Crippen LogP contribution >= 0.6 is 0 Å². The topological polar surface area (TPSA) is 56.6 Å². The number of hydrogen-bond donors (Lipinski definition) is 1. The Morgan fingerprint density at radius 1 is 0.923 bits per heavy atom. The molecule has 0 unspecified atom stereocenters. The van der Waals surface area contributed by atoms with Crippen molar-refractivity contribution in [3.05, 3.63) is 81.8 Å². The van der Waals surface area contributed by atoms with Crippen LogP contribution in [-0.2, 0) is 6.18 Å². The van der Waals surface area contributed by atoms with Gasteiger partial charge in [0.25, 0.3) is 5.56 Å². The summed E-state index contributed by atoms with van der Waals surface area (Å²) in [5, 5.41) is 9.21. The maximum atomic E-state index is 12.6. The van der Waals surface area contributed by atoms with E-state index in [2.05, 4.69) is 4.98 Å². The highest BCUT2D eigenvalue weighted by Crippen LogP contribution is 2.31. The van der Waals surface area contributed by atoms with Gasteiger partial charge in [-0.3, -0.25) is 4.79 Å². The summed E-state index contributed by atoms with van der Waals surface area (Å²) < 4.78 is 37.9. The fraction of sp³-hybridized carbons (Fsp3) is 0.100. The molecule has 3 aromatic rings. The van der Waals surface area contributed by atoms with Gasteiger partial charge >= 0.3 is 6.18 Å². The average molecular weight is 354 g/mol. The molecule has 0 bridgehead atoms. The SMILES string of the molecule is Cc1cc(-c2ccc(-c3ccc(C(F)(F)F)cc3)cc2)c(C#N)c(=O)[nH]1. The molecule has 0 atom stereocenters. The summed E-state index contributed by atoms with van der Waals surface area (Å²) in [4.78, 5) is 14.5. The van der Waals surface area contributed by atoms with E-state index in [0.29, 0.717) is 22.4 Å². The molecule has 0 amide bonds. The number of aromatic nitrogens is 1. The maximum absolute atomic E-state index is 12.6. The van der Waals surface area contributed by atoms with Gasteiger partial charge in [-0.05, 0) is 41.8 Å². The van der Waals surface area contributed by atoms with Crippen LogP contribution in [0.25, 0.3) is 22.3 Å². The zero-order valence-electron chi connectivity index (χ0n) is 13.7. The highest BCUT2D eigenvalue weighted by molar-refractivity contribution is 5.74. The van der Waals surface area contributed by atoms with Crippen LogP contribution in [0.1, 0.15) is 16.8 Å². The second kappa shape index (κ2) is 6.52. The van der Waals surface area contributed by atoms with Crippen LogP contribution in [0.3, 0.4) is 0 Å². The summed E-state index contributed by atoms with van der Waals surface area (Å²) in [5.74, 6) is 0. The van der Waals surface area contributed by atoms with E-state index in [0.717, 1.165) is 17.7 Å². The first-order chi connectivity index (χ1) is 12.3. The van der Waals surface area contributed by atoms with E-state index in [9.17, 15) is 23.2 Å². The van der Waals surface area contributed by atoms with E-state index >= 15 is 0 Å². The number of hydrogen-bond acceptors (Lipinski definition) is 2. The van der Waals surface area contributed by atoms with Crippen molar-refractivity contribution in [2.75, 3.05) is 0 Å². The van der Waals surface area contributed by atoms with Crippen molar-refractivity contribution in [1.82, 2.24) is 4.98 Å². The van der Waals surface area contributed by atoms with Gasteiger partial charge in [-0.2, -0.15) is 18.4 Å². The molecular formula is C20H13F3N2O. The third-order valence-electron chi connectivity index (χ3n) is 4.02. The van der Waals surface area contributed by atoms with Gasteiger partial charge in [0.05, 0.1) is 5.56 Å². The largest absolute Gasteiger partial charge is 0.416 e. The highest BCUT2D eigenvalue weighted by atomic mass is 19.4. The number of pyridine rings is 1. The summed E-state index contributed by atoms with van der Waals surface area (Å²) >= 11 is 0. The molecular weight excluding hydrogens is 341 g/mol. The first kappa shape index (κ1) is 17.5. The first-order valence-corrected chi connectivity index (χ1v) is 7.71. The van der Waals surface area contributed by atoms with Gasteiger partial charge < -0.3 is 4.98 Å². The number of aryl methyl sites for hydroxylation is 1.